The number of aliphatic hydroxyl groups excluding tert-OH is 1. The van der Waals surface area contributed by atoms with Crippen LogP contribution in [0, 0.1) is 0 Å². The topological polar surface area (TPSA) is 40.5 Å². The molecule has 0 fully saturated rings. The van der Waals surface area contributed by atoms with E-state index in [2.05, 4.69) is 29.8 Å². The average molecular weight is 273 g/mol. The second kappa shape index (κ2) is 4.99. The first kappa shape index (κ1) is 12.5. The van der Waals surface area contributed by atoms with Gasteiger partial charge in [0.1, 0.15) is 5.75 Å². The number of hydrogen-bond donors (Lipinski definition) is 2. The number of halogens is 1. The lowest BCUT2D eigenvalue weighted by Crippen LogP contribution is -2.05. The lowest BCUT2D eigenvalue weighted by atomic mass is 9.99. The van der Waals surface area contributed by atoms with Gasteiger partial charge in [0.25, 0.3) is 0 Å². The summed E-state index contributed by atoms with van der Waals surface area (Å²) >= 11 is 3.48. The molecule has 2 N–H and O–H groups in total. The number of hydrogen-bond acceptors (Lipinski definition) is 2. The maximum absolute atomic E-state index is 9.78. The van der Waals surface area contributed by atoms with E-state index in [9.17, 15) is 10.2 Å². The van der Waals surface area contributed by atoms with Crippen LogP contribution >= 0.6 is 15.9 Å². The highest BCUT2D eigenvalue weighted by Gasteiger charge is 2.11. The summed E-state index contributed by atoms with van der Waals surface area (Å²) in [5, 5.41) is 19.1. The molecule has 1 rings (SSSR count). The molecule has 0 radical (unpaired) electrons. The molecule has 0 aromatic heterocycles. The molecule has 0 saturated heterocycles. The number of phenolic OH excluding ortho intramolecular Hbond substituents is 1. The Morgan fingerprint density at radius 3 is 2.33 bits per heavy atom. The van der Waals surface area contributed by atoms with Crippen LogP contribution in [0.15, 0.2) is 16.6 Å². The van der Waals surface area contributed by atoms with Crippen LogP contribution in [0.4, 0.5) is 0 Å². The van der Waals surface area contributed by atoms with Crippen LogP contribution in [0.5, 0.6) is 5.75 Å². The first-order valence-electron chi connectivity index (χ1n) is 5.11. The predicted octanol–water partition coefficient (Wildman–Crippen LogP) is 3.20. The smallest absolute Gasteiger partial charge is 0.119 e. The van der Waals surface area contributed by atoms with Gasteiger partial charge in [-0.25, -0.2) is 0 Å². The summed E-state index contributed by atoms with van der Waals surface area (Å²) in [6, 6.07) is 3.66. The highest BCUT2D eigenvalue weighted by Crippen LogP contribution is 2.31. The zero-order valence-electron chi connectivity index (χ0n) is 9.29. The average Bonchev–Trinajstić information content (AvgIpc) is 2.09. The Morgan fingerprint density at radius 1 is 1.27 bits per heavy atom. The third-order valence-corrected chi connectivity index (χ3v) is 3.02. The number of aromatic hydroxyl groups is 1. The molecule has 2 nitrogen and oxygen atoms in total. The minimum absolute atomic E-state index is 0.266. The molecule has 0 aliphatic rings. The van der Waals surface area contributed by atoms with Gasteiger partial charge in [0.2, 0.25) is 0 Å². The van der Waals surface area contributed by atoms with Crippen LogP contribution in [-0.4, -0.2) is 16.3 Å². The molecular weight excluding hydrogens is 256 g/mol. The van der Waals surface area contributed by atoms with Crippen LogP contribution in [0.25, 0.3) is 0 Å². The summed E-state index contributed by atoms with van der Waals surface area (Å²) in [7, 11) is 0. The summed E-state index contributed by atoms with van der Waals surface area (Å²) in [4.78, 5) is 0. The van der Waals surface area contributed by atoms with Crippen molar-refractivity contribution in [2.75, 3.05) is 0 Å². The predicted molar refractivity (Wildman–Crippen MR) is 65.3 cm³/mol. The summed E-state index contributed by atoms with van der Waals surface area (Å²) in [5.74, 6) is 0.633. The van der Waals surface area contributed by atoms with Gasteiger partial charge >= 0.3 is 0 Å². The molecule has 0 saturated carbocycles. The Morgan fingerprint density at radius 2 is 1.87 bits per heavy atom. The van der Waals surface area contributed by atoms with Gasteiger partial charge in [-0.05, 0) is 36.1 Å². The highest BCUT2D eigenvalue weighted by molar-refractivity contribution is 9.10. The zero-order chi connectivity index (χ0) is 11.6. The van der Waals surface area contributed by atoms with Crippen molar-refractivity contribution >= 4 is 15.9 Å². The van der Waals surface area contributed by atoms with E-state index in [1.54, 1.807) is 13.0 Å². The molecule has 0 amide bonds. The van der Waals surface area contributed by atoms with E-state index in [0.29, 0.717) is 12.3 Å². The summed E-state index contributed by atoms with van der Waals surface area (Å²) in [6.45, 7) is 5.87. The van der Waals surface area contributed by atoms with Gasteiger partial charge in [0, 0.05) is 10.9 Å². The van der Waals surface area contributed by atoms with Gasteiger partial charge in [-0.15, -0.1) is 0 Å². The number of rotatable bonds is 3. The molecule has 0 bridgehead atoms. The standard InChI is InChI=1S/C12H17BrO2/c1-7(2)10-6-12(15)9(4-8(3)14)5-11(10)13/h5-8,14-15H,4H2,1-3H3. The lowest BCUT2D eigenvalue weighted by Gasteiger charge is -2.13. The van der Waals surface area contributed by atoms with Crippen LogP contribution in [0.2, 0.25) is 0 Å². The molecule has 0 aliphatic heterocycles. The third-order valence-electron chi connectivity index (χ3n) is 2.34. The normalized spacial score (nSPS) is 13.2. The molecule has 1 atom stereocenters. The first-order chi connectivity index (χ1) is 6.91. The molecule has 3 heteroatoms. The van der Waals surface area contributed by atoms with Gasteiger partial charge in [0.15, 0.2) is 0 Å². The van der Waals surface area contributed by atoms with E-state index in [-0.39, 0.29) is 5.75 Å². The second-order valence-electron chi connectivity index (χ2n) is 4.21. The lowest BCUT2D eigenvalue weighted by molar-refractivity contribution is 0.194. The van der Waals surface area contributed by atoms with E-state index in [1.807, 2.05) is 6.07 Å². The van der Waals surface area contributed by atoms with Crippen molar-refractivity contribution in [1.29, 1.82) is 0 Å². The van der Waals surface area contributed by atoms with E-state index in [4.69, 9.17) is 0 Å². The Hall–Kier alpha value is -0.540. The second-order valence-corrected chi connectivity index (χ2v) is 5.06. The molecule has 0 aliphatic carbocycles. The van der Waals surface area contributed by atoms with Gasteiger partial charge in [0.05, 0.1) is 6.10 Å². The van der Waals surface area contributed by atoms with Crippen molar-refractivity contribution in [2.45, 2.75) is 39.2 Å². The fraction of sp³-hybridized carbons (Fsp3) is 0.500. The summed E-state index contributed by atoms with van der Waals surface area (Å²) in [6.07, 6.45) is 0.0377. The number of phenols is 1. The molecular formula is C12H17BrO2. The highest BCUT2D eigenvalue weighted by atomic mass is 79.9. The quantitative estimate of drug-likeness (QED) is 0.887. The van der Waals surface area contributed by atoms with Crippen molar-refractivity contribution < 1.29 is 10.2 Å². The Kier molecular flexibility index (Phi) is 4.17. The van der Waals surface area contributed by atoms with Crippen molar-refractivity contribution in [3.05, 3.63) is 27.7 Å². The maximum atomic E-state index is 9.78. The van der Waals surface area contributed by atoms with Crippen molar-refractivity contribution in [2.24, 2.45) is 0 Å². The Bertz CT molecular complexity index is 346. The molecule has 0 heterocycles. The Labute approximate surface area is 99.1 Å². The third kappa shape index (κ3) is 3.21. The van der Waals surface area contributed by atoms with Gasteiger partial charge in [-0.3, -0.25) is 0 Å². The van der Waals surface area contributed by atoms with E-state index in [1.165, 1.54) is 0 Å². The van der Waals surface area contributed by atoms with Crippen molar-refractivity contribution in [3.8, 4) is 5.75 Å². The summed E-state index contributed by atoms with van der Waals surface area (Å²) in [5.41, 5.74) is 1.86. The number of aliphatic hydroxyl groups is 1. The van der Waals surface area contributed by atoms with E-state index < -0.39 is 6.10 Å². The zero-order valence-corrected chi connectivity index (χ0v) is 10.9. The van der Waals surface area contributed by atoms with Gasteiger partial charge < -0.3 is 10.2 Å². The minimum Gasteiger partial charge on any atom is -0.508 e. The Balaban J connectivity index is 3.08. The SMILES string of the molecule is CC(O)Cc1cc(Br)c(C(C)C)cc1O. The monoisotopic (exact) mass is 272 g/mol. The fourth-order valence-corrected chi connectivity index (χ4v) is 2.39. The molecule has 15 heavy (non-hydrogen) atoms. The van der Waals surface area contributed by atoms with E-state index in [0.717, 1.165) is 15.6 Å². The molecule has 1 unspecified atom stereocenters. The minimum atomic E-state index is -0.437. The van der Waals surface area contributed by atoms with Crippen LogP contribution in [0.1, 0.15) is 37.8 Å². The largest absolute Gasteiger partial charge is 0.508 e. The van der Waals surface area contributed by atoms with Crippen LogP contribution < -0.4 is 0 Å². The van der Waals surface area contributed by atoms with Crippen molar-refractivity contribution in [3.63, 3.8) is 0 Å². The van der Waals surface area contributed by atoms with E-state index >= 15 is 0 Å². The molecule has 84 valence electrons. The van der Waals surface area contributed by atoms with Crippen LogP contribution in [0.3, 0.4) is 0 Å². The van der Waals surface area contributed by atoms with Crippen LogP contribution in [-0.2, 0) is 6.42 Å². The fourth-order valence-electron chi connectivity index (χ4n) is 1.54. The molecule has 1 aromatic carbocycles. The van der Waals surface area contributed by atoms with Crippen molar-refractivity contribution in [1.82, 2.24) is 0 Å². The maximum Gasteiger partial charge on any atom is 0.119 e. The first-order valence-corrected chi connectivity index (χ1v) is 5.90. The molecule has 0 spiro atoms. The van der Waals surface area contributed by atoms with Gasteiger partial charge in [-0.1, -0.05) is 29.8 Å². The number of benzene rings is 1. The summed E-state index contributed by atoms with van der Waals surface area (Å²) < 4.78 is 0.992. The molecule has 1 aromatic rings. The van der Waals surface area contributed by atoms with Gasteiger partial charge in [-0.2, -0.15) is 0 Å².